The van der Waals surface area contributed by atoms with Crippen LogP contribution in [0.2, 0.25) is 0 Å². The van der Waals surface area contributed by atoms with Crippen molar-refractivity contribution in [3.8, 4) is 0 Å². The molecular formula is C17H16N2O2. The molecule has 0 saturated carbocycles. The molecule has 0 fully saturated rings. The molecule has 0 atom stereocenters. The SMILES string of the molecule is Cc1cc(N2C(=O)c3c(C)ccc(C)c3C2=O)ccc1N. The van der Waals surface area contributed by atoms with E-state index in [9.17, 15) is 9.59 Å². The fraction of sp³-hybridized carbons (Fsp3) is 0.176. The van der Waals surface area contributed by atoms with Crippen molar-refractivity contribution in [2.24, 2.45) is 0 Å². The van der Waals surface area contributed by atoms with Crippen LogP contribution < -0.4 is 10.6 Å². The minimum absolute atomic E-state index is 0.264. The fourth-order valence-corrected chi connectivity index (χ4v) is 2.71. The zero-order chi connectivity index (χ0) is 15.3. The van der Waals surface area contributed by atoms with Crippen molar-refractivity contribution in [2.75, 3.05) is 10.6 Å². The molecule has 0 bridgehead atoms. The van der Waals surface area contributed by atoms with Gasteiger partial charge in [-0.25, -0.2) is 4.90 Å². The van der Waals surface area contributed by atoms with Gasteiger partial charge in [0, 0.05) is 5.69 Å². The van der Waals surface area contributed by atoms with E-state index in [2.05, 4.69) is 0 Å². The highest BCUT2D eigenvalue weighted by Crippen LogP contribution is 2.33. The van der Waals surface area contributed by atoms with E-state index in [1.807, 2.05) is 32.9 Å². The second kappa shape index (κ2) is 4.45. The molecule has 4 heteroatoms. The summed E-state index contributed by atoms with van der Waals surface area (Å²) < 4.78 is 0. The van der Waals surface area contributed by atoms with Gasteiger partial charge in [0.25, 0.3) is 11.8 Å². The summed E-state index contributed by atoms with van der Waals surface area (Å²) in [6.45, 7) is 5.55. The van der Waals surface area contributed by atoms with Crippen molar-refractivity contribution in [1.82, 2.24) is 0 Å². The highest BCUT2D eigenvalue weighted by Gasteiger charge is 2.38. The van der Waals surface area contributed by atoms with E-state index in [1.165, 1.54) is 4.90 Å². The summed E-state index contributed by atoms with van der Waals surface area (Å²) in [4.78, 5) is 26.5. The van der Waals surface area contributed by atoms with Gasteiger partial charge >= 0.3 is 0 Å². The molecule has 2 amide bonds. The van der Waals surface area contributed by atoms with Crippen molar-refractivity contribution in [3.63, 3.8) is 0 Å². The molecule has 1 heterocycles. The molecule has 0 unspecified atom stereocenters. The molecule has 2 aromatic rings. The van der Waals surface area contributed by atoms with Crippen LogP contribution in [0, 0.1) is 20.8 Å². The number of hydrogen-bond donors (Lipinski definition) is 1. The summed E-state index contributed by atoms with van der Waals surface area (Å²) in [6.07, 6.45) is 0. The predicted molar refractivity (Wildman–Crippen MR) is 82.6 cm³/mol. The first-order valence-electron chi connectivity index (χ1n) is 6.77. The zero-order valence-corrected chi connectivity index (χ0v) is 12.2. The van der Waals surface area contributed by atoms with E-state index >= 15 is 0 Å². The number of nitrogens with two attached hydrogens (primary N) is 1. The number of carbonyl (C=O) groups is 2. The fourth-order valence-electron chi connectivity index (χ4n) is 2.71. The molecule has 1 aliphatic heterocycles. The van der Waals surface area contributed by atoms with Crippen LogP contribution in [0.3, 0.4) is 0 Å². The predicted octanol–water partition coefficient (Wildman–Crippen LogP) is 2.99. The minimum Gasteiger partial charge on any atom is -0.399 e. The summed E-state index contributed by atoms with van der Waals surface area (Å²) in [7, 11) is 0. The van der Waals surface area contributed by atoms with Gasteiger partial charge in [-0.1, -0.05) is 12.1 Å². The van der Waals surface area contributed by atoms with Crippen LogP contribution in [0.4, 0.5) is 11.4 Å². The van der Waals surface area contributed by atoms with E-state index in [4.69, 9.17) is 5.73 Å². The second-order valence-electron chi connectivity index (χ2n) is 5.44. The summed E-state index contributed by atoms with van der Waals surface area (Å²) in [5.74, 6) is -0.527. The number of benzene rings is 2. The van der Waals surface area contributed by atoms with Crippen molar-refractivity contribution < 1.29 is 9.59 Å². The van der Waals surface area contributed by atoms with Crippen LogP contribution in [0.15, 0.2) is 30.3 Å². The standard InChI is InChI=1S/C17H16N2O2/c1-9-4-5-10(2)15-14(9)16(20)19(17(15)21)12-6-7-13(18)11(3)8-12/h4-8H,18H2,1-3H3. The molecule has 21 heavy (non-hydrogen) atoms. The van der Waals surface area contributed by atoms with Gasteiger partial charge < -0.3 is 5.73 Å². The van der Waals surface area contributed by atoms with Crippen LogP contribution in [0.1, 0.15) is 37.4 Å². The lowest BCUT2D eigenvalue weighted by atomic mass is 9.99. The van der Waals surface area contributed by atoms with E-state index in [0.29, 0.717) is 22.5 Å². The molecule has 0 aromatic heterocycles. The molecule has 0 spiro atoms. The van der Waals surface area contributed by atoms with E-state index < -0.39 is 0 Å². The Morgan fingerprint density at radius 2 is 1.33 bits per heavy atom. The highest BCUT2D eigenvalue weighted by molar-refractivity contribution is 6.35. The van der Waals surface area contributed by atoms with Gasteiger partial charge in [0.05, 0.1) is 16.8 Å². The molecule has 1 aliphatic rings. The maximum Gasteiger partial charge on any atom is 0.266 e. The molecule has 4 nitrogen and oxygen atoms in total. The lowest BCUT2D eigenvalue weighted by Crippen LogP contribution is -2.29. The third-order valence-corrected chi connectivity index (χ3v) is 3.97. The highest BCUT2D eigenvalue weighted by atomic mass is 16.2. The topological polar surface area (TPSA) is 63.4 Å². The number of imide groups is 1. The van der Waals surface area contributed by atoms with Gasteiger partial charge in [-0.2, -0.15) is 0 Å². The van der Waals surface area contributed by atoms with E-state index in [1.54, 1.807) is 18.2 Å². The first kappa shape index (κ1) is 13.4. The molecule has 0 aliphatic carbocycles. The molecule has 0 radical (unpaired) electrons. The summed E-state index contributed by atoms with van der Waals surface area (Å²) in [5.41, 5.74) is 10.5. The number of nitrogen functional groups attached to an aromatic ring is 1. The van der Waals surface area contributed by atoms with Gasteiger partial charge in [0.15, 0.2) is 0 Å². The van der Waals surface area contributed by atoms with Gasteiger partial charge in [-0.15, -0.1) is 0 Å². The first-order chi connectivity index (χ1) is 9.91. The Morgan fingerprint density at radius 1 is 0.810 bits per heavy atom. The van der Waals surface area contributed by atoms with Crippen LogP contribution >= 0.6 is 0 Å². The molecule has 106 valence electrons. The lowest BCUT2D eigenvalue weighted by Gasteiger charge is -2.15. The Morgan fingerprint density at radius 3 is 1.81 bits per heavy atom. The van der Waals surface area contributed by atoms with Gasteiger partial charge in [0.2, 0.25) is 0 Å². The zero-order valence-electron chi connectivity index (χ0n) is 12.2. The Hall–Kier alpha value is -2.62. The number of aryl methyl sites for hydroxylation is 3. The van der Waals surface area contributed by atoms with E-state index in [0.717, 1.165) is 16.7 Å². The minimum atomic E-state index is -0.264. The van der Waals surface area contributed by atoms with Crippen LogP contribution in [-0.2, 0) is 0 Å². The average molecular weight is 280 g/mol. The van der Waals surface area contributed by atoms with Crippen LogP contribution in [-0.4, -0.2) is 11.8 Å². The van der Waals surface area contributed by atoms with E-state index in [-0.39, 0.29) is 11.8 Å². The number of carbonyl (C=O) groups excluding carboxylic acids is 2. The lowest BCUT2D eigenvalue weighted by molar-refractivity contribution is 0.0926. The van der Waals surface area contributed by atoms with Crippen molar-refractivity contribution >= 4 is 23.2 Å². The second-order valence-corrected chi connectivity index (χ2v) is 5.44. The quantitative estimate of drug-likeness (QED) is 0.645. The molecular weight excluding hydrogens is 264 g/mol. The first-order valence-corrected chi connectivity index (χ1v) is 6.77. The maximum atomic E-state index is 12.7. The number of rotatable bonds is 1. The summed E-state index contributed by atoms with van der Waals surface area (Å²) in [6, 6.07) is 8.93. The Bertz CT molecular complexity index is 753. The monoisotopic (exact) mass is 280 g/mol. The molecule has 2 aromatic carbocycles. The molecule has 3 rings (SSSR count). The number of hydrogen-bond acceptors (Lipinski definition) is 3. The number of anilines is 2. The Labute approximate surface area is 123 Å². The van der Waals surface area contributed by atoms with Crippen LogP contribution in [0.25, 0.3) is 0 Å². The summed E-state index contributed by atoms with van der Waals surface area (Å²) >= 11 is 0. The number of fused-ring (bicyclic) bond motifs is 1. The Kier molecular flexibility index (Phi) is 2.83. The third-order valence-electron chi connectivity index (χ3n) is 3.97. The van der Waals surface area contributed by atoms with Crippen molar-refractivity contribution in [3.05, 3.63) is 58.1 Å². The average Bonchev–Trinajstić information content (AvgIpc) is 2.70. The molecule has 2 N–H and O–H groups in total. The molecule has 0 saturated heterocycles. The third kappa shape index (κ3) is 1.83. The number of nitrogens with zero attached hydrogens (tertiary/aromatic N) is 1. The van der Waals surface area contributed by atoms with Crippen molar-refractivity contribution in [2.45, 2.75) is 20.8 Å². The number of amides is 2. The largest absolute Gasteiger partial charge is 0.399 e. The smallest absolute Gasteiger partial charge is 0.266 e. The normalized spacial score (nSPS) is 13.8. The van der Waals surface area contributed by atoms with Gasteiger partial charge in [-0.3, -0.25) is 9.59 Å². The Balaban J connectivity index is 2.18. The van der Waals surface area contributed by atoms with Gasteiger partial charge in [0.1, 0.15) is 0 Å². The van der Waals surface area contributed by atoms with Gasteiger partial charge in [-0.05, 0) is 55.7 Å². The summed E-state index contributed by atoms with van der Waals surface area (Å²) in [5, 5.41) is 0. The van der Waals surface area contributed by atoms with Crippen LogP contribution in [0.5, 0.6) is 0 Å². The van der Waals surface area contributed by atoms with Crippen molar-refractivity contribution in [1.29, 1.82) is 0 Å². The maximum absolute atomic E-state index is 12.7.